The molecule has 0 aromatic heterocycles. The summed E-state index contributed by atoms with van der Waals surface area (Å²) in [6.07, 6.45) is 0. The molecule has 0 heterocycles. The van der Waals surface area contributed by atoms with Gasteiger partial charge in [-0.3, -0.25) is 15.6 Å². The van der Waals surface area contributed by atoms with Crippen molar-refractivity contribution in [1.29, 1.82) is 10.8 Å². The zero-order valence-corrected chi connectivity index (χ0v) is 10.5. The van der Waals surface area contributed by atoms with Gasteiger partial charge < -0.3 is 11.5 Å². The van der Waals surface area contributed by atoms with Gasteiger partial charge in [0.25, 0.3) is 0 Å². The monoisotopic (exact) mass is 264 g/mol. The summed E-state index contributed by atoms with van der Waals surface area (Å²) in [4.78, 5) is 12.4. The van der Waals surface area contributed by atoms with Crippen LogP contribution in [0, 0.1) is 10.8 Å². The minimum absolute atomic E-state index is 0.0685. The number of nitrogens with one attached hydrogen (secondary N) is 2. The highest BCUT2D eigenvalue weighted by atomic mass is 16.1. The highest BCUT2D eigenvalue weighted by molar-refractivity contribution is 6.23. The maximum Gasteiger partial charge on any atom is 0.194 e. The molecule has 0 atom stereocenters. The smallest absolute Gasteiger partial charge is 0.194 e. The maximum atomic E-state index is 12.4. The molecule has 2 aromatic carbocycles. The average molecular weight is 264 g/mol. The Bertz CT molecular complexity index is 727. The van der Waals surface area contributed by atoms with Gasteiger partial charge in [-0.25, -0.2) is 0 Å². The molecule has 1 aliphatic rings. The van der Waals surface area contributed by atoms with Gasteiger partial charge in [0.15, 0.2) is 5.78 Å². The molecule has 2 aromatic rings. The first-order chi connectivity index (χ1) is 9.49. The normalized spacial score (nSPS) is 11.9. The van der Waals surface area contributed by atoms with Gasteiger partial charge in [-0.05, 0) is 23.3 Å². The van der Waals surface area contributed by atoms with Crippen LogP contribution in [-0.4, -0.2) is 17.5 Å². The van der Waals surface area contributed by atoms with Gasteiger partial charge in [-0.15, -0.1) is 0 Å². The lowest BCUT2D eigenvalue weighted by molar-refractivity contribution is 0.104. The summed E-state index contributed by atoms with van der Waals surface area (Å²) >= 11 is 0. The maximum absolute atomic E-state index is 12.4. The van der Waals surface area contributed by atoms with Gasteiger partial charge in [-0.2, -0.15) is 0 Å². The van der Waals surface area contributed by atoms with E-state index in [0.717, 1.165) is 11.1 Å². The molecule has 0 saturated carbocycles. The molecule has 0 spiro atoms. The zero-order valence-electron chi connectivity index (χ0n) is 10.5. The van der Waals surface area contributed by atoms with E-state index in [1.54, 1.807) is 36.4 Å². The Morgan fingerprint density at radius 1 is 0.750 bits per heavy atom. The fraction of sp³-hybridized carbons (Fsp3) is 0. The van der Waals surface area contributed by atoms with E-state index in [9.17, 15) is 4.79 Å². The number of ketones is 1. The number of nitrogen functional groups attached to an aromatic ring is 2. The van der Waals surface area contributed by atoms with Crippen LogP contribution < -0.4 is 11.5 Å². The molecule has 5 nitrogen and oxygen atoms in total. The fourth-order valence-electron chi connectivity index (χ4n) is 2.41. The number of hydrogen-bond donors (Lipinski definition) is 4. The summed E-state index contributed by atoms with van der Waals surface area (Å²) in [5.74, 6) is -0.261. The minimum Gasteiger partial charge on any atom is -0.384 e. The molecule has 0 aliphatic heterocycles. The van der Waals surface area contributed by atoms with Gasteiger partial charge in [0.1, 0.15) is 11.7 Å². The van der Waals surface area contributed by atoms with Crippen LogP contribution in [0.5, 0.6) is 0 Å². The molecule has 5 heteroatoms. The van der Waals surface area contributed by atoms with E-state index in [1.807, 2.05) is 0 Å². The second kappa shape index (κ2) is 4.03. The second-order valence-electron chi connectivity index (χ2n) is 4.68. The number of benzene rings is 2. The summed E-state index contributed by atoms with van der Waals surface area (Å²) in [6, 6.07) is 10.3. The second-order valence-corrected chi connectivity index (χ2v) is 4.68. The lowest BCUT2D eigenvalue weighted by Gasteiger charge is -2.03. The van der Waals surface area contributed by atoms with Crippen LogP contribution in [0.1, 0.15) is 27.0 Å². The Hall–Kier alpha value is -2.95. The first-order valence-electron chi connectivity index (χ1n) is 6.01. The average Bonchev–Trinajstić information content (AvgIpc) is 2.71. The van der Waals surface area contributed by atoms with E-state index in [4.69, 9.17) is 22.3 Å². The van der Waals surface area contributed by atoms with Crippen molar-refractivity contribution in [3.63, 3.8) is 0 Å². The Morgan fingerprint density at radius 3 is 1.50 bits per heavy atom. The SMILES string of the molecule is N=C(N)c1ccc2c(c1)C(=O)c1cc(C(=N)N)ccc1-2. The van der Waals surface area contributed by atoms with E-state index >= 15 is 0 Å². The molecule has 6 N–H and O–H groups in total. The Labute approximate surface area is 115 Å². The minimum atomic E-state index is -0.124. The van der Waals surface area contributed by atoms with E-state index in [-0.39, 0.29) is 17.5 Å². The molecular formula is C15H12N4O. The Morgan fingerprint density at radius 2 is 1.15 bits per heavy atom. The van der Waals surface area contributed by atoms with Crippen molar-refractivity contribution in [2.45, 2.75) is 0 Å². The van der Waals surface area contributed by atoms with Gasteiger partial charge in [0.05, 0.1) is 0 Å². The lowest BCUT2D eigenvalue weighted by atomic mass is 10.0. The summed E-state index contributed by atoms with van der Waals surface area (Å²) in [5, 5.41) is 14.9. The number of fused-ring (bicyclic) bond motifs is 3. The third-order valence-corrected chi connectivity index (χ3v) is 3.44. The van der Waals surface area contributed by atoms with Gasteiger partial charge in [0, 0.05) is 22.3 Å². The molecule has 3 rings (SSSR count). The summed E-state index contributed by atoms with van der Waals surface area (Å²) < 4.78 is 0. The van der Waals surface area contributed by atoms with Crippen LogP contribution in [0.4, 0.5) is 0 Å². The van der Waals surface area contributed by atoms with Gasteiger partial charge >= 0.3 is 0 Å². The molecule has 0 bridgehead atoms. The van der Waals surface area contributed by atoms with Crippen molar-refractivity contribution >= 4 is 17.5 Å². The van der Waals surface area contributed by atoms with Crippen molar-refractivity contribution in [2.75, 3.05) is 0 Å². The quantitative estimate of drug-likeness (QED) is 0.414. The number of carbonyl (C=O) groups excluding carboxylic acids is 1. The zero-order chi connectivity index (χ0) is 14.4. The molecule has 0 amide bonds. The molecule has 20 heavy (non-hydrogen) atoms. The number of amidine groups is 2. The molecular weight excluding hydrogens is 252 g/mol. The first kappa shape index (κ1) is 12.1. The van der Waals surface area contributed by atoms with Crippen LogP contribution in [0.3, 0.4) is 0 Å². The topological polar surface area (TPSA) is 117 Å². The molecule has 0 fully saturated rings. The van der Waals surface area contributed by atoms with Gasteiger partial charge in [0.2, 0.25) is 0 Å². The largest absolute Gasteiger partial charge is 0.384 e. The summed E-state index contributed by atoms with van der Waals surface area (Å²) in [5.41, 5.74) is 14.7. The molecule has 0 radical (unpaired) electrons. The van der Waals surface area contributed by atoms with Crippen LogP contribution in [-0.2, 0) is 0 Å². The van der Waals surface area contributed by atoms with Crippen molar-refractivity contribution in [2.24, 2.45) is 11.5 Å². The summed E-state index contributed by atoms with van der Waals surface area (Å²) in [7, 11) is 0. The molecule has 98 valence electrons. The standard InChI is InChI=1S/C15H12N4O/c16-14(17)7-1-3-9-10-4-2-8(15(18)19)6-12(10)13(20)11(9)5-7/h1-6H,(H3,16,17)(H3,18,19). The van der Waals surface area contributed by atoms with E-state index < -0.39 is 0 Å². The van der Waals surface area contributed by atoms with Crippen LogP contribution in [0.2, 0.25) is 0 Å². The number of hydrogen-bond acceptors (Lipinski definition) is 3. The highest BCUT2D eigenvalue weighted by Gasteiger charge is 2.27. The summed E-state index contributed by atoms with van der Waals surface area (Å²) in [6.45, 7) is 0. The van der Waals surface area contributed by atoms with E-state index in [0.29, 0.717) is 22.3 Å². The van der Waals surface area contributed by atoms with Gasteiger partial charge in [-0.1, -0.05) is 24.3 Å². The third kappa shape index (κ3) is 1.60. The van der Waals surface area contributed by atoms with Crippen molar-refractivity contribution in [3.05, 3.63) is 58.7 Å². The predicted octanol–water partition coefficient (Wildman–Crippen LogP) is 1.47. The van der Waals surface area contributed by atoms with Crippen LogP contribution in [0.25, 0.3) is 11.1 Å². The highest BCUT2D eigenvalue weighted by Crippen LogP contribution is 2.37. The van der Waals surface area contributed by atoms with Crippen LogP contribution >= 0.6 is 0 Å². The Balaban J connectivity index is 2.21. The lowest BCUT2D eigenvalue weighted by Crippen LogP contribution is -2.12. The number of nitrogens with two attached hydrogens (primary N) is 2. The molecule has 0 saturated heterocycles. The van der Waals surface area contributed by atoms with Crippen molar-refractivity contribution < 1.29 is 4.79 Å². The number of rotatable bonds is 2. The molecule has 1 aliphatic carbocycles. The van der Waals surface area contributed by atoms with Crippen LogP contribution in [0.15, 0.2) is 36.4 Å². The van der Waals surface area contributed by atoms with E-state index in [1.165, 1.54) is 0 Å². The molecule has 0 unspecified atom stereocenters. The Kier molecular flexibility index (Phi) is 2.44. The predicted molar refractivity (Wildman–Crippen MR) is 77.3 cm³/mol. The van der Waals surface area contributed by atoms with Crippen molar-refractivity contribution in [3.8, 4) is 11.1 Å². The third-order valence-electron chi connectivity index (χ3n) is 3.44. The van der Waals surface area contributed by atoms with E-state index in [2.05, 4.69) is 0 Å². The van der Waals surface area contributed by atoms with Crippen molar-refractivity contribution in [1.82, 2.24) is 0 Å². The first-order valence-corrected chi connectivity index (χ1v) is 6.01. The number of carbonyl (C=O) groups is 1. The fourth-order valence-corrected chi connectivity index (χ4v) is 2.41.